The molecular weight excluding hydrogens is 256 g/mol. The maximum absolute atomic E-state index is 12.0. The molecule has 0 atom stereocenters. The van der Waals surface area contributed by atoms with Crippen molar-refractivity contribution in [1.82, 2.24) is 0 Å². The van der Waals surface area contributed by atoms with Crippen LogP contribution in [0, 0.1) is 13.8 Å². The summed E-state index contributed by atoms with van der Waals surface area (Å²) in [5.74, 6) is -0.997. The molecule has 2 aromatic rings. The average molecular weight is 270 g/mol. The first-order valence-corrected chi connectivity index (χ1v) is 6.47. The van der Waals surface area contributed by atoms with Crippen molar-refractivity contribution in [2.75, 3.05) is 0 Å². The molecule has 20 heavy (non-hydrogen) atoms. The topological polar surface area (TPSA) is 74.6 Å². The van der Waals surface area contributed by atoms with Gasteiger partial charge in [-0.3, -0.25) is 9.59 Å². The van der Waals surface area contributed by atoms with Crippen LogP contribution in [0.2, 0.25) is 0 Å². The number of hydrogen-bond acceptors (Lipinski definition) is 4. The van der Waals surface area contributed by atoms with Crippen molar-refractivity contribution >= 4 is 22.3 Å². The van der Waals surface area contributed by atoms with Crippen LogP contribution in [0.15, 0.2) is 12.1 Å². The minimum atomic E-state index is -0.299. The highest BCUT2D eigenvalue weighted by atomic mass is 16.3. The van der Waals surface area contributed by atoms with Gasteiger partial charge in [0.2, 0.25) is 0 Å². The first-order valence-electron chi connectivity index (χ1n) is 6.47. The summed E-state index contributed by atoms with van der Waals surface area (Å²) in [4.78, 5) is 24.0. The van der Waals surface area contributed by atoms with E-state index < -0.39 is 0 Å². The Balaban J connectivity index is 2.54. The molecule has 0 fully saturated rings. The average Bonchev–Trinajstić information content (AvgIpc) is 2.41. The smallest absolute Gasteiger partial charge is 0.167 e. The second-order valence-corrected chi connectivity index (χ2v) is 5.28. The Labute approximate surface area is 115 Å². The van der Waals surface area contributed by atoms with Crippen molar-refractivity contribution in [2.24, 2.45) is 0 Å². The van der Waals surface area contributed by atoms with E-state index in [1.165, 1.54) is 0 Å². The molecule has 0 spiro atoms. The molecule has 0 heterocycles. The number of phenols is 2. The SMILES string of the molecule is Cc1cc2c(O)c3c(c(O)c2cc1C)C(=O)CCC3=O. The van der Waals surface area contributed by atoms with Gasteiger partial charge in [0.25, 0.3) is 0 Å². The predicted octanol–water partition coefficient (Wildman–Crippen LogP) is 3.03. The number of carbonyl (C=O) groups is 2. The molecule has 0 saturated carbocycles. The monoisotopic (exact) mass is 270 g/mol. The van der Waals surface area contributed by atoms with E-state index in [1.807, 2.05) is 13.8 Å². The highest BCUT2D eigenvalue weighted by Gasteiger charge is 2.32. The molecule has 4 heteroatoms. The van der Waals surface area contributed by atoms with Crippen molar-refractivity contribution in [3.05, 3.63) is 34.4 Å². The van der Waals surface area contributed by atoms with Crippen LogP contribution in [-0.4, -0.2) is 21.8 Å². The number of aryl methyl sites for hydroxylation is 2. The van der Waals surface area contributed by atoms with Gasteiger partial charge in [0.15, 0.2) is 11.6 Å². The molecule has 1 aliphatic rings. The van der Waals surface area contributed by atoms with Crippen LogP contribution >= 0.6 is 0 Å². The molecule has 0 bridgehead atoms. The summed E-state index contributed by atoms with van der Waals surface area (Å²) >= 11 is 0. The molecule has 1 aliphatic carbocycles. The number of ketones is 2. The number of rotatable bonds is 0. The van der Waals surface area contributed by atoms with Crippen molar-refractivity contribution in [3.8, 4) is 11.5 Å². The molecule has 4 nitrogen and oxygen atoms in total. The molecule has 0 aliphatic heterocycles. The Hall–Kier alpha value is -2.36. The molecule has 0 amide bonds. The van der Waals surface area contributed by atoms with Gasteiger partial charge >= 0.3 is 0 Å². The van der Waals surface area contributed by atoms with E-state index in [0.29, 0.717) is 10.8 Å². The van der Waals surface area contributed by atoms with Crippen LogP contribution in [0.4, 0.5) is 0 Å². The fourth-order valence-corrected chi connectivity index (χ4v) is 2.73. The molecule has 0 saturated heterocycles. The second kappa shape index (κ2) is 4.07. The van der Waals surface area contributed by atoms with E-state index in [9.17, 15) is 19.8 Å². The predicted molar refractivity (Wildman–Crippen MR) is 74.6 cm³/mol. The molecular formula is C16H14O4. The summed E-state index contributed by atoms with van der Waals surface area (Å²) in [7, 11) is 0. The third-order valence-corrected chi connectivity index (χ3v) is 4.00. The lowest BCUT2D eigenvalue weighted by Crippen LogP contribution is -2.17. The van der Waals surface area contributed by atoms with Gasteiger partial charge in [-0.1, -0.05) is 0 Å². The van der Waals surface area contributed by atoms with Crippen molar-refractivity contribution < 1.29 is 19.8 Å². The quantitative estimate of drug-likeness (QED) is 0.721. The largest absolute Gasteiger partial charge is 0.507 e. The van der Waals surface area contributed by atoms with Gasteiger partial charge in [-0.25, -0.2) is 0 Å². The minimum absolute atomic E-state index is 0.0329. The van der Waals surface area contributed by atoms with Gasteiger partial charge in [-0.15, -0.1) is 0 Å². The lowest BCUT2D eigenvalue weighted by molar-refractivity contribution is 0.0885. The van der Waals surface area contributed by atoms with Gasteiger partial charge in [-0.05, 0) is 37.1 Å². The fraction of sp³-hybridized carbons (Fsp3) is 0.250. The highest BCUT2D eigenvalue weighted by molar-refractivity contribution is 6.21. The zero-order valence-corrected chi connectivity index (χ0v) is 11.3. The number of fused-ring (bicyclic) bond motifs is 2. The summed E-state index contributed by atoms with van der Waals surface area (Å²) in [6.45, 7) is 3.77. The lowest BCUT2D eigenvalue weighted by Gasteiger charge is -2.19. The molecule has 0 aromatic heterocycles. The maximum atomic E-state index is 12.0. The Morgan fingerprint density at radius 3 is 1.50 bits per heavy atom. The summed E-state index contributed by atoms with van der Waals surface area (Å²) in [5, 5.41) is 21.5. The second-order valence-electron chi connectivity index (χ2n) is 5.28. The summed E-state index contributed by atoms with van der Waals surface area (Å²) < 4.78 is 0. The highest BCUT2D eigenvalue weighted by Crippen LogP contribution is 2.43. The van der Waals surface area contributed by atoms with Crippen molar-refractivity contribution in [2.45, 2.75) is 26.7 Å². The summed E-state index contributed by atoms with van der Waals surface area (Å²) in [6, 6.07) is 3.46. The van der Waals surface area contributed by atoms with Gasteiger partial charge in [0, 0.05) is 23.6 Å². The Morgan fingerprint density at radius 2 is 1.15 bits per heavy atom. The summed E-state index contributed by atoms with van der Waals surface area (Å²) in [5.41, 5.74) is 1.83. The van der Waals surface area contributed by atoms with E-state index in [2.05, 4.69) is 0 Å². The van der Waals surface area contributed by atoms with Crippen molar-refractivity contribution in [1.29, 1.82) is 0 Å². The molecule has 102 valence electrons. The molecule has 2 aromatic carbocycles. The Kier molecular flexibility index (Phi) is 2.57. The molecule has 2 N–H and O–H groups in total. The standard InChI is InChI=1S/C16H14O4/c1-7-5-9-10(6-8(7)2)16(20)14-12(18)4-3-11(17)13(14)15(9)19/h5-6,19-20H,3-4H2,1-2H3. The van der Waals surface area contributed by atoms with Gasteiger partial charge in [0.05, 0.1) is 11.1 Å². The van der Waals surface area contributed by atoms with Gasteiger partial charge < -0.3 is 10.2 Å². The van der Waals surface area contributed by atoms with Crippen LogP contribution in [0.5, 0.6) is 11.5 Å². The van der Waals surface area contributed by atoms with Gasteiger partial charge in [0.1, 0.15) is 11.5 Å². The molecule has 3 rings (SSSR count). The van der Waals surface area contributed by atoms with Crippen LogP contribution < -0.4 is 0 Å². The van der Waals surface area contributed by atoms with E-state index in [-0.39, 0.29) is 47.0 Å². The van der Waals surface area contributed by atoms with E-state index >= 15 is 0 Å². The number of benzene rings is 2. The number of Topliss-reactive ketones (excluding diaryl/α,β-unsaturated/α-hetero) is 2. The molecule has 0 unspecified atom stereocenters. The maximum Gasteiger partial charge on any atom is 0.167 e. The minimum Gasteiger partial charge on any atom is -0.507 e. The zero-order valence-electron chi connectivity index (χ0n) is 11.3. The van der Waals surface area contributed by atoms with Crippen LogP contribution in [0.1, 0.15) is 44.7 Å². The lowest BCUT2D eigenvalue weighted by atomic mass is 9.85. The fourth-order valence-electron chi connectivity index (χ4n) is 2.73. The molecule has 0 radical (unpaired) electrons. The Bertz CT molecular complexity index is 721. The number of aromatic hydroxyl groups is 2. The first kappa shape index (κ1) is 12.7. The van der Waals surface area contributed by atoms with E-state index in [4.69, 9.17) is 0 Å². The number of phenolic OH excluding ortho intramolecular Hbond substituents is 2. The van der Waals surface area contributed by atoms with Crippen LogP contribution in [0.25, 0.3) is 10.8 Å². The van der Waals surface area contributed by atoms with Gasteiger partial charge in [-0.2, -0.15) is 0 Å². The number of carbonyl (C=O) groups excluding carboxylic acids is 2. The van der Waals surface area contributed by atoms with E-state index in [0.717, 1.165) is 11.1 Å². The third kappa shape index (κ3) is 1.54. The van der Waals surface area contributed by atoms with E-state index in [1.54, 1.807) is 12.1 Å². The Morgan fingerprint density at radius 1 is 0.800 bits per heavy atom. The van der Waals surface area contributed by atoms with Crippen LogP contribution in [0.3, 0.4) is 0 Å². The third-order valence-electron chi connectivity index (χ3n) is 4.00. The number of hydrogen-bond donors (Lipinski definition) is 2. The van der Waals surface area contributed by atoms with Crippen LogP contribution in [-0.2, 0) is 0 Å². The normalized spacial score (nSPS) is 14.7. The summed E-state index contributed by atoms with van der Waals surface area (Å²) in [6.07, 6.45) is 0.157. The first-order chi connectivity index (χ1) is 9.41. The zero-order chi connectivity index (χ0) is 14.6. The van der Waals surface area contributed by atoms with Crippen molar-refractivity contribution in [3.63, 3.8) is 0 Å².